The molecule has 1 aliphatic heterocycles. The molecular formula is C6H15BN2O2. The van der Waals surface area contributed by atoms with Crippen LogP contribution in [0.2, 0.25) is 6.82 Å². The van der Waals surface area contributed by atoms with Gasteiger partial charge in [-0.05, 0) is 19.8 Å². The van der Waals surface area contributed by atoms with Crippen LogP contribution in [0.15, 0.2) is 0 Å². The average molecular weight is 158 g/mol. The van der Waals surface area contributed by atoms with Gasteiger partial charge in [-0.3, -0.25) is 0 Å². The van der Waals surface area contributed by atoms with Gasteiger partial charge in [-0.1, -0.05) is 0 Å². The van der Waals surface area contributed by atoms with Crippen LogP contribution >= 0.6 is 0 Å². The molecule has 1 heterocycles. The molecule has 4 nitrogen and oxygen atoms in total. The Hall–Kier alpha value is -0.0951. The first-order valence-electron chi connectivity index (χ1n) is 3.97. The Morgan fingerprint density at radius 1 is 1.64 bits per heavy atom. The van der Waals surface area contributed by atoms with E-state index in [1.165, 1.54) is 0 Å². The van der Waals surface area contributed by atoms with Crippen molar-refractivity contribution in [1.82, 2.24) is 4.81 Å². The Morgan fingerprint density at radius 3 is 2.73 bits per heavy atom. The zero-order valence-electron chi connectivity index (χ0n) is 6.77. The topological polar surface area (TPSA) is 69.7 Å². The van der Waals surface area contributed by atoms with E-state index < -0.39 is 13.2 Å². The first kappa shape index (κ1) is 9.00. The van der Waals surface area contributed by atoms with Crippen molar-refractivity contribution in [3.05, 3.63) is 0 Å². The molecule has 2 atom stereocenters. The molecule has 64 valence electrons. The summed E-state index contributed by atoms with van der Waals surface area (Å²) >= 11 is 0. The molecule has 0 aliphatic carbocycles. The van der Waals surface area contributed by atoms with Gasteiger partial charge in [-0.25, -0.2) is 0 Å². The van der Waals surface area contributed by atoms with E-state index in [4.69, 9.17) is 10.8 Å². The van der Waals surface area contributed by atoms with Crippen molar-refractivity contribution in [2.24, 2.45) is 5.73 Å². The van der Waals surface area contributed by atoms with Crippen molar-refractivity contribution in [2.45, 2.75) is 25.4 Å². The zero-order valence-corrected chi connectivity index (χ0v) is 6.77. The summed E-state index contributed by atoms with van der Waals surface area (Å²) in [6, 6.07) is -0.210. The molecule has 4 N–H and O–H groups in total. The number of aliphatic hydroxyl groups is 1. The van der Waals surface area contributed by atoms with Gasteiger partial charge < -0.3 is 20.7 Å². The molecule has 0 aromatic carbocycles. The maximum Gasteiger partial charge on any atom is 0.376 e. The quantitative estimate of drug-likeness (QED) is 0.406. The van der Waals surface area contributed by atoms with Gasteiger partial charge in [-0.2, -0.15) is 0 Å². The molecule has 0 radical (unpaired) electrons. The van der Waals surface area contributed by atoms with Crippen LogP contribution < -0.4 is 5.73 Å². The van der Waals surface area contributed by atoms with Crippen LogP contribution in [0, 0.1) is 0 Å². The third kappa shape index (κ3) is 2.17. The van der Waals surface area contributed by atoms with E-state index in [-0.39, 0.29) is 6.04 Å². The smallest absolute Gasteiger partial charge is 0.376 e. The summed E-state index contributed by atoms with van der Waals surface area (Å²) in [5.74, 6) is 0. The first-order chi connectivity index (χ1) is 5.11. The lowest BCUT2D eigenvalue weighted by Gasteiger charge is -2.34. The van der Waals surface area contributed by atoms with E-state index in [1.54, 1.807) is 6.82 Å². The molecule has 0 aromatic rings. The molecule has 0 unspecified atom stereocenters. The number of nitrogens with zero attached hydrogens (tertiary/aromatic N) is 1. The van der Waals surface area contributed by atoms with Gasteiger partial charge >= 0.3 is 7.05 Å². The highest BCUT2D eigenvalue weighted by atomic mass is 16.3. The molecule has 0 bridgehead atoms. The number of piperidine rings is 1. The Morgan fingerprint density at radius 2 is 2.27 bits per heavy atom. The van der Waals surface area contributed by atoms with Gasteiger partial charge in [-0.15, -0.1) is 0 Å². The zero-order chi connectivity index (χ0) is 8.43. The predicted octanol–water partition coefficient (Wildman–Crippen LogP) is -1.51. The predicted molar refractivity (Wildman–Crippen MR) is 44.0 cm³/mol. The highest BCUT2D eigenvalue weighted by Crippen LogP contribution is 2.09. The second-order valence-electron chi connectivity index (χ2n) is 3.15. The minimum absolute atomic E-state index is 0.210. The Labute approximate surface area is 67.1 Å². The fraction of sp³-hybridized carbons (Fsp3) is 1.00. The fourth-order valence-electron chi connectivity index (χ4n) is 1.34. The van der Waals surface area contributed by atoms with Crippen molar-refractivity contribution in [2.75, 3.05) is 13.1 Å². The van der Waals surface area contributed by atoms with Crippen molar-refractivity contribution >= 4 is 7.05 Å². The monoisotopic (exact) mass is 158 g/mol. The fourth-order valence-corrected chi connectivity index (χ4v) is 1.34. The average Bonchev–Trinajstić information content (AvgIpc) is 1.94. The van der Waals surface area contributed by atoms with Crippen LogP contribution in [0.5, 0.6) is 0 Å². The van der Waals surface area contributed by atoms with Gasteiger partial charge in [0.05, 0.1) is 6.10 Å². The van der Waals surface area contributed by atoms with Crippen LogP contribution in [0.4, 0.5) is 0 Å². The first-order valence-corrected chi connectivity index (χ1v) is 3.97. The maximum atomic E-state index is 9.24. The summed E-state index contributed by atoms with van der Waals surface area (Å²) in [5.41, 5.74) is 5.60. The highest BCUT2D eigenvalue weighted by molar-refractivity contribution is 6.45. The molecule has 11 heavy (non-hydrogen) atoms. The van der Waals surface area contributed by atoms with Gasteiger partial charge in [0.2, 0.25) is 0 Å². The minimum atomic E-state index is -0.450. The maximum absolute atomic E-state index is 9.24. The second-order valence-corrected chi connectivity index (χ2v) is 3.15. The third-order valence-corrected chi connectivity index (χ3v) is 2.18. The van der Waals surface area contributed by atoms with Gasteiger partial charge in [0.25, 0.3) is 0 Å². The minimum Gasteiger partial charge on any atom is -0.437 e. The lowest BCUT2D eigenvalue weighted by Crippen LogP contribution is -2.55. The van der Waals surface area contributed by atoms with E-state index >= 15 is 0 Å². The lowest BCUT2D eigenvalue weighted by molar-refractivity contribution is 0.0858. The SMILES string of the molecule is CB(O)N1CC[C@@H](O)[C@@H](N)C1. The number of hydrogen-bond acceptors (Lipinski definition) is 4. The largest absolute Gasteiger partial charge is 0.437 e. The molecule has 0 amide bonds. The third-order valence-electron chi connectivity index (χ3n) is 2.18. The highest BCUT2D eigenvalue weighted by Gasteiger charge is 2.28. The van der Waals surface area contributed by atoms with Crippen molar-refractivity contribution < 1.29 is 10.1 Å². The Balaban J connectivity index is 2.40. The van der Waals surface area contributed by atoms with Gasteiger partial charge in [0.15, 0.2) is 0 Å². The van der Waals surface area contributed by atoms with Crippen molar-refractivity contribution in [3.8, 4) is 0 Å². The van der Waals surface area contributed by atoms with E-state index in [2.05, 4.69) is 0 Å². The van der Waals surface area contributed by atoms with E-state index in [1.807, 2.05) is 4.81 Å². The van der Waals surface area contributed by atoms with Crippen LogP contribution in [-0.2, 0) is 0 Å². The molecule has 1 fully saturated rings. The molecule has 5 heteroatoms. The van der Waals surface area contributed by atoms with Gasteiger partial charge in [0, 0.05) is 12.6 Å². The van der Waals surface area contributed by atoms with Crippen molar-refractivity contribution in [3.63, 3.8) is 0 Å². The summed E-state index contributed by atoms with van der Waals surface area (Å²) in [6.45, 7) is 3.02. The standard InChI is InChI=1S/C6H15BN2O2/c1-7(11)9-3-2-6(10)5(8)4-9/h5-6,10-11H,2-4,8H2,1H3/t5-,6+/m0/s1. The second kappa shape index (κ2) is 3.54. The van der Waals surface area contributed by atoms with Gasteiger partial charge in [0.1, 0.15) is 0 Å². The van der Waals surface area contributed by atoms with Crippen LogP contribution in [-0.4, -0.2) is 47.2 Å². The Kier molecular flexibility index (Phi) is 2.89. The number of nitrogens with two attached hydrogens (primary N) is 1. The summed E-state index contributed by atoms with van der Waals surface area (Å²) in [7, 11) is -0.450. The normalized spacial score (nSPS) is 33.8. The Bertz CT molecular complexity index is 134. The molecule has 1 aliphatic rings. The molecule has 1 rings (SSSR count). The molecule has 0 spiro atoms. The molecule has 1 saturated heterocycles. The molecule has 0 saturated carbocycles. The molecular weight excluding hydrogens is 143 g/mol. The van der Waals surface area contributed by atoms with E-state index in [0.717, 1.165) is 6.54 Å². The van der Waals surface area contributed by atoms with E-state index in [9.17, 15) is 5.11 Å². The summed E-state index contributed by atoms with van der Waals surface area (Å²) in [5, 5.41) is 18.4. The summed E-state index contributed by atoms with van der Waals surface area (Å²) in [6.07, 6.45) is 0.261. The van der Waals surface area contributed by atoms with Crippen LogP contribution in [0.25, 0.3) is 0 Å². The number of aliphatic hydroxyl groups excluding tert-OH is 1. The summed E-state index contributed by atoms with van der Waals surface area (Å²) in [4.78, 5) is 1.86. The molecule has 0 aromatic heterocycles. The van der Waals surface area contributed by atoms with Crippen molar-refractivity contribution in [1.29, 1.82) is 0 Å². The number of hydrogen-bond donors (Lipinski definition) is 3. The van der Waals surface area contributed by atoms with Crippen LogP contribution in [0.3, 0.4) is 0 Å². The van der Waals surface area contributed by atoms with E-state index in [0.29, 0.717) is 13.0 Å². The summed E-state index contributed by atoms with van der Waals surface area (Å²) < 4.78 is 0. The number of rotatable bonds is 1. The lowest BCUT2D eigenvalue weighted by atomic mass is 9.82. The van der Waals surface area contributed by atoms with Crippen LogP contribution in [0.1, 0.15) is 6.42 Å².